The van der Waals surface area contributed by atoms with Crippen LogP contribution in [0.15, 0.2) is 24.8 Å². The van der Waals surface area contributed by atoms with Gasteiger partial charge in [0.05, 0.1) is 17.4 Å². The number of aliphatic hydroxyl groups excluding tert-OH is 1. The minimum absolute atomic E-state index is 0.316. The predicted octanol–water partition coefficient (Wildman–Crippen LogP) is 1.04. The molecule has 0 spiro atoms. The van der Waals surface area contributed by atoms with Gasteiger partial charge in [-0.3, -0.25) is 0 Å². The van der Waals surface area contributed by atoms with Crippen LogP contribution in [0.25, 0.3) is 16.9 Å². The number of hydrogen-bond donors (Lipinski definition) is 2. The van der Waals surface area contributed by atoms with Gasteiger partial charge in [0.15, 0.2) is 11.5 Å². The summed E-state index contributed by atoms with van der Waals surface area (Å²) in [5.74, 6) is 1.17. The largest absolute Gasteiger partial charge is 0.391 e. The fourth-order valence-corrected chi connectivity index (χ4v) is 3.11. The van der Waals surface area contributed by atoms with Crippen LogP contribution >= 0.6 is 0 Å². The first-order valence-corrected chi connectivity index (χ1v) is 7.97. The van der Waals surface area contributed by atoms with Crippen LogP contribution in [0.4, 0.5) is 11.6 Å². The fraction of sp³-hybridized carbons (Fsp3) is 0.375. The van der Waals surface area contributed by atoms with Gasteiger partial charge < -0.3 is 15.7 Å². The number of fused-ring (bicyclic) bond motifs is 1. The van der Waals surface area contributed by atoms with E-state index in [4.69, 9.17) is 5.73 Å². The molecule has 3 N–H and O–H groups in total. The van der Waals surface area contributed by atoms with Gasteiger partial charge in [-0.15, -0.1) is 5.10 Å². The Morgan fingerprint density at radius 2 is 2.17 bits per heavy atom. The van der Waals surface area contributed by atoms with E-state index in [0.717, 1.165) is 30.8 Å². The number of nitrogens with zero attached hydrogens (tertiary/aromatic N) is 6. The fourth-order valence-electron chi connectivity index (χ4n) is 3.11. The Balaban J connectivity index is 1.77. The van der Waals surface area contributed by atoms with Gasteiger partial charge in [-0.1, -0.05) is 0 Å². The molecule has 8 nitrogen and oxygen atoms in total. The first kappa shape index (κ1) is 14.8. The second kappa shape index (κ2) is 5.72. The molecule has 1 unspecified atom stereocenters. The normalized spacial score (nSPS) is 18.2. The average Bonchev–Trinajstić information content (AvgIpc) is 2.90. The van der Waals surface area contributed by atoms with Crippen LogP contribution in [0.2, 0.25) is 0 Å². The summed E-state index contributed by atoms with van der Waals surface area (Å²) in [6.07, 6.45) is 6.64. The summed E-state index contributed by atoms with van der Waals surface area (Å²) in [5.41, 5.74) is 9.16. The highest BCUT2D eigenvalue weighted by Crippen LogP contribution is 2.29. The van der Waals surface area contributed by atoms with Gasteiger partial charge in [-0.25, -0.2) is 19.5 Å². The molecule has 4 rings (SSSR count). The second-order valence-corrected chi connectivity index (χ2v) is 6.16. The smallest absolute Gasteiger partial charge is 0.166 e. The average molecular weight is 325 g/mol. The van der Waals surface area contributed by atoms with Crippen molar-refractivity contribution in [3.63, 3.8) is 0 Å². The van der Waals surface area contributed by atoms with Gasteiger partial charge >= 0.3 is 0 Å². The molecule has 24 heavy (non-hydrogen) atoms. The molecular weight excluding hydrogens is 306 g/mol. The Bertz CT molecular complexity index is 891. The Morgan fingerprint density at radius 3 is 3.00 bits per heavy atom. The third-order valence-corrected chi connectivity index (χ3v) is 4.26. The second-order valence-electron chi connectivity index (χ2n) is 6.16. The van der Waals surface area contributed by atoms with Crippen molar-refractivity contribution in [1.29, 1.82) is 0 Å². The number of piperidine rings is 1. The zero-order valence-electron chi connectivity index (χ0n) is 13.4. The zero-order valence-corrected chi connectivity index (χ0v) is 13.4. The van der Waals surface area contributed by atoms with Gasteiger partial charge in [0.1, 0.15) is 12.1 Å². The molecule has 8 heteroatoms. The van der Waals surface area contributed by atoms with Crippen LogP contribution in [0, 0.1) is 6.92 Å². The van der Waals surface area contributed by atoms with Gasteiger partial charge in [0.2, 0.25) is 0 Å². The van der Waals surface area contributed by atoms with Crippen molar-refractivity contribution < 1.29 is 5.11 Å². The monoisotopic (exact) mass is 325 g/mol. The number of anilines is 2. The Morgan fingerprint density at radius 1 is 1.29 bits per heavy atom. The number of nitrogen functional groups attached to an aromatic ring is 1. The number of aromatic nitrogens is 5. The molecule has 0 saturated carbocycles. The van der Waals surface area contributed by atoms with E-state index >= 15 is 0 Å². The van der Waals surface area contributed by atoms with Crippen molar-refractivity contribution in [2.45, 2.75) is 25.9 Å². The third-order valence-electron chi connectivity index (χ3n) is 4.26. The minimum atomic E-state index is -0.316. The maximum atomic E-state index is 9.88. The van der Waals surface area contributed by atoms with Crippen LogP contribution in [0.3, 0.4) is 0 Å². The highest BCUT2D eigenvalue weighted by atomic mass is 16.3. The van der Waals surface area contributed by atoms with Crippen LogP contribution in [-0.2, 0) is 0 Å². The molecule has 0 radical (unpaired) electrons. The number of aliphatic hydroxyl groups is 1. The van der Waals surface area contributed by atoms with Crippen LogP contribution in [-0.4, -0.2) is 48.9 Å². The lowest BCUT2D eigenvalue weighted by Crippen LogP contribution is -2.38. The van der Waals surface area contributed by atoms with Crippen LogP contribution in [0.5, 0.6) is 0 Å². The van der Waals surface area contributed by atoms with Crippen LogP contribution in [0.1, 0.15) is 18.4 Å². The van der Waals surface area contributed by atoms with E-state index in [9.17, 15) is 5.11 Å². The molecule has 1 atom stereocenters. The Labute approximate surface area is 139 Å². The van der Waals surface area contributed by atoms with E-state index in [1.807, 2.05) is 19.2 Å². The molecule has 3 aromatic heterocycles. The SMILES string of the molecule is Cc1cnc2c(-c3cc(N4CCCC(O)C4)ncn3)c(N)nn2c1. The molecule has 0 aromatic carbocycles. The summed E-state index contributed by atoms with van der Waals surface area (Å²) in [6, 6.07) is 1.88. The Kier molecular flexibility index (Phi) is 3.53. The molecule has 3 aromatic rings. The van der Waals surface area contributed by atoms with Crippen molar-refractivity contribution in [2.75, 3.05) is 23.7 Å². The van der Waals surface area contributed by atoms with Gasteiger partial charge in [0, 0.05) is 31.5 Å². The summed E-state index contributed by atoms with van der Waals surface area (Å²) < 4.78 is 1.67. The number of aryl methyl sites for hydroxylation is 1. The lowest BCUT2D eigenvalue weighted by Gasteiger charge is -2.31. The van der Waals surface area contributed by atoms with Crippen molar-refractivity contribution in [2.24, 2.45) is 0 Å². The molecule has 1 aliphatic heterocycles. The van der Waals surface area contributed by atoms with Crippen molar-refractivity contribution in [1.82, 2.24) is 24.6 Å². The summed E-state index contributed by atoms with van der Waals surface area (Å²) in [5, 5.41) is 14.2. The summed E-state index contributed by atoms with van der Waals surface area (Å²) in [6.45, 7) is 3.40. The highest BCUT2D eigenvalue weighted by molar-refractivity contribution is 5.85. The first-order valence-electron chi connectivity index (χ1n) is 7.97. The maximum Gasteiger partial charge on any atom is 0.166 e. The maximum absolute atomic E-state index is 9.88. The van der Waals surface area contributed by atoms with Gasteiger partial charge in [-0.2, -0.15) is 0 Å². The number of rotatable bonds is 2. The van der Waals surface area contributed by atoms with E-state index < -0.39 is 0 Å². The van der Waals surface area contributed by atoms with Gasteiger partial charge in [0.25, 0.3) is 0 Å². The molecule has 124 valence electrons. The molecule has 1 saturated heterocycles. The van der Waals surface area contributed by atoms with E-state index in [1.165, 1.54) is 6.33 Å². The molecule has 1 aliphatic rings. The van der Waals surface area contributed by atoms with Crippen molar-refractivity contribution in [3.8, 4) is 11.3 Å². The molecule has 0 amide bonds. The van der Waals surface area contributed by atoms with Crippen molar-refractivity contribution >= 4 is 17.3 Å². The van der Waals surface area contributed by atoms with Gasteiger partial charge in [-0.05, 0) is 25.3 Å². The molecule has 1 fully saturated rings. The van der Waals surface area contributed by atoms with Crippen LogP contribution < -0.4 is 10.6 Å². The quantitative estimate of drug-likeness (QED) is 0.725. The highest BCUT2D eigenvalue weighted by Gasteiger charge is 2.21. The predicted molar refractivity (Wildman–Crippen MR) is 90.6 cm³/mol. The molecule has 4 heterocycles. The minimum Gasteiger partial charge on any atom is -0.391 e. The number of hydrogen-bond acceptors (Lipinski definition) is 7. The first-order chi connectivity index (χ1) is 11.6. The summed E-state index contributed by atoms with van der Waals surface area (Å²) >= 11 is 0. The lowest BCUT2D eigenvalue weighted by molar-refractivity contribution is 0.154. The molecule has 0 bridgehead atoms. The Hall–Kier alpha value is -2.74. The van der Waals surface area contributed by atoms with E-state index in [1.54, 1.807) is 10.7 Å². The standard InChI is InChI=1S/C16H19N7O/c1-10-6-18-16-14(15(17)21-23(16)7-10)12-5-13(20-9-19-12)22-4-2-3-11(24)8-22/h5-7,9,11,24H,2-4,8H2,1H3,(H2,17,21). The molecular formula is C16H19N7O. The van der Waals surface area contributed by atoms with E-state index in [2.05, 4.69) is 25.0 Å². The zero-order chi connectivity index (χ0) is 16.7. The molecule has 0 aliphatic carbocycles. The topological polar surface area (TPSA) is 105 Å². The van der Waals surface area contributed by atoms with Crippen molar-refractivity contribution in [3.05, 3.63) is 30.4 Å². The lowest BCUT2D eigenvalue weighted by atomic mass is 10.1. The third kappa shape index (κ3) is 2.54. The summed E-state index contributed by atoms with van der Waals surface area (Å²) in [7, 11) is 0. The summed E-state index contributed by atoms with van der Waals surface area (Å²) in [4.78, 5) is 15.2. The van der Waals surface area contributed by atoms with E-state index in [-0.39, 0.29) is 6.10 Å². The number of β-amino-alcohol motifs (C(OH)–C–C–N with tert-alkyl or cyclic N) is 1. The van der Waals surface area contributed by atoms with E-state index in [0.29, 0.717) is 29.3 Å². The number of nitrogens with two attached hydrogens (primary N) is 1.